The molecule has 66 valence electrons. The minimum atomic E-state index is -3.13. The number of alkyl halides is 2. The summed E-state index contributed by atoms with van der Waals surface area (Å²) in [6, 6.07) is 0. The average Bonchev–Trinajstić information content (AvgIpc) is 2.30. The van der Waals surface area contributed by atoms with E-state index in [-0.39, 0.29) is 5.76 Å². The molecule has 0 N–H and O–H groups in total. The Morgan fingerprint density at radius 1 is 1.67 bits per heavy atom. The highest BCUT2D eigenvalue weighted by molar-refractivity contribution is 5.90. The van der Waals surface area contributed by atoms with Gasteiger partial charge in [-0.3, -0.25) is 4.79 Å². The van der Waals surface area contributed by atoms with Crippen molar-refractivity contribution in [3.05, 3.63) is 17.8 Å². The Balaban J connectivity index is 3.00. The van der Waals surface area contributed by atoms with Crippen molar-refractivity contribution < 1.29 is 18.0 Å². The quantitative estimate of drug-likeness (QED) is 0.645. The molecule has 0 saturated carbocycles. The van der Waals surface area contributed by atoms with Crippen LogP contribution in [0.25, 0.3) is 0 Å². The van der Waals surface area contributed by atoms with Crippen LogP contribution in [0.2, 0.25) is 0 Å². The molecule has 0 amide bonds. The first kappa shape index (κ1) is 8.83. The summed E-state index contributed by atoms with van der Waals surface area (Å²) in [4.78, 5) is 13.9. The molecular formula is C7H7F2NO2. The fourth-order valence-corrected chi connectivity index (χ4v) is 0.640. The van der Waals surface area contributed by atoms with Crippen molar-refractivity contribution in [3.8, 4) is 0 Å². The number of ketones is 1. The summed E-state index contributed by atoms with van der Waals surface area (Å²) < 4.78 is 29.4. The van der Waals surface area contributed by atoms with Crippen molar-refractivity contribution in [2.45, 2.75) is 19.8 Å². The molecule has 1 aromatic heterocycles. The van der Waals surface area contributed by atoms with Gasteiger partial charge in [0.15, 0.2) is 11.5 Å². The van der Waals surface area contributed by atoms with Crippen molar-refractivity contribution in [1.82, 2.24) is 4.98 Å². The molecule has 0 aliphatic heterocycles. The zero-order valence-corrected chi connectivity index (χ0v) is 6.60. The highest BCUT2D eigenvalue weighted by Gasteiger charge is 2.31. The first-order chi connectivity index (χ1) is 5.41. The third-order valence-corrected chi connectivity index (χ3v) is 1.23. The van der Waals surface area contributed by atoms with E-state index in [1.54, 1.807) is 0 Å². The SMILES string of the molecule is CC(=O)c1cnc(C(C)(F)F)o1. The van der Waals surface area contributed by atoms with Gasteiger partial charge < -0.3 is 4.42 Å². The summed E-state index contributed by atoms with van der Waals surface area (Å²) >= 11 is 0. The van der Waals surface area contributed by atoms with E-state index >= 15 is 0 Å². The van der Waals surface area contributed by atoms with E-state index in [9.17, 15) is 13.6 Å². The van der Waals surface area contributed by atoms with Crippen LogP contribution in [0.4, 0.5) is 8.78 Å². The van der Waals surface area contributed by atoms with Crippen molar-refractivity contribution in [2.75, 3.05) is 0 Å². The van der Waals surface area contributed by atoms with E-state index in [1.165, 1.54) is 6.92 Å². The van der Waals surface area contributed by atoms with Gasteiger partial charge in [-0.2, -0.15) is 8.78 Å². The lowest BCUT2D eigenvalue weighted by molar-refractivity contribution is -0.0114. The van der Waals surface area contributed by atoms with Crippen LogP contribution in [-0.4, -0.2) is 10.8 Å². The summed E-state index contributed by atoms with van der Waals surface area (Å²) in [5, 5.41) is 0. The zero-order chi connectivity index (χ0) is 9.35. The second-order valence-corrected chi connectivity index (χ2v) is 2.47. The number of oxazole rings is 1. The highest BCUT2D eigenvalue weighted by Crippen LogP contribution is 2.25. The molecular weight excluding hydrogens is 168 g/mol. The van der Waals surface area contributed by atoms with Crippen molar-refractivity contribution >= 4 is 5.78 Å². The van der Waals surface area contributed by atoms with Crippen LogP contribution < -0.4 is 0 Å². The van der Waals surface area contributed by atoms with Gasteiger partial charge in [-0.15, -0.1) is 0 Å². The molecule has 0 unspecified atom stereocenters. The fraction of sp³-hybridized carbons (Fsp3) is 0.429. The van der Waals surface area contributed by atoms with Crippen LogP contribution in [0, 0.1) is 0 Å². The van der Waals surface area contributed by atoms with E-state index in [4.69, 9.17) is 0 Å². The third-order valence-electron chi connectivity index (χ3n) is 1.23. The van der Waals surface area contributed by atoms with Gasteiger partial charge in [0.05, 0.1) is 6.20 Å². The maximum Gasteiger partial charge on any atom is 0.319 e. The van der Waals surface area contributed by atoms with Crippen LogP contribution in [0.1, 0.15) is 30.3 Å². The second-order valence-electron chi connectivity index (χ2n) is 2.47. The Bertz CT molecular complexity index is 301. The van der Waals surface area contributed by atoms with Gasteiger partial charge in [0, 0.05) is 13.8 Å². The van der Waals surface area contributed by atoms with Gasteiger partial charge in [0.25, 0.3) is 5.89 Å². The Labute approximate surface area is 67.4 Å². The van der Waals surface area contributed by atoms with Gasteiger partial charge in [-0.05, 0) is 0 Å². The molecule has 0 spiro atoms. The standard InChI is InChI=1S/C7H7F2NO2/c1-4(11)5-3-10-6(12-5)7(2,8)9/h3H,1-2H3. The number of carbonyl (C=O) groups excluding carboxylic acids is 1. The van der Waals surface area contributed by atoms with E-state index < -0.39 is 17.6 Å². The van der Waals surface area contributed by atoms with Crippen molar-refractivity contribution in [1.29, 1.82) is 0 Å². The van der Waals surface area contributed by atoms with Crippen LogP contribution in [0.3, 0.4) is 0 Å². The normalized spacial score (nSPS) is 11.7. The second kappa shape index (κ2) is 2.66. The number of nitrogens with zero attached hydrogens (tertiary/aromatic N) is 1. The van der Waals surface area contributed by atoms with E-state index in [2.05, 4.69) is 9.40 Å². The molecule has 1 heterocycles. The lowest BCUT2D eigenvalue weighted by Crippen LogP contribution is -2.06. The zero-order valence-electron chi connectivity index (χ0n) is 6.60. The van der Waals surface area contributed by atoms with Crippen molar-refractivity contribution in [2.24, 2.45) is 0 Å². The minimum Gasteiger partial charge on any atom is -0.432 e. The summed E-state index contributed by atoms with van der Waals surface area (Å²) in [6.07, 6.45) is 0.995. The molecule has 3 nitrogen and oxygen atoms in total. The van der Waals surface area contributed by atoms with Gasteiger partial charge in [-0.25, -0.2) is 4.98 Å². The molecule has 0 aromatic carbocycles. The predicted molar refractivity (Wildman–Crippen MR) is 36.1 cm³/mol. The first-order valence-corrected chi connectivity index (χ1v) is 3.26. The van der Waals surface area contributed by atoms with Gasteiger partial charge >= 0.3 is 5.92 Å². The third kappa shape index (κ3) is 1.66. The van der Waals surface area contributed by atoms with Crippen LogP contribution in [0.15, 0.2) is 10.6 Å². The summed E-state index contributed by atoms with van der Waals surface area (Å²) in [6.45, 7) is 1.88. The molecule has 0 atom stereocenters. The van der Waals surface area contributed by atoms with Gasteiger partial charge in [0.1, 0.15) is 0 Å². The molecule has 1 aromatic rings. The molecule has 0 aliphatic rings. The maximum absolute atomic E-state index is 12.5. The molecule has 1 rings (SSSR count). The molecule has 0 radical (unpaired) electrons. The van der Waals surface area contributed by atoms with Crippen LogP contribution in [0.5, 0.6) is 0 Å². The summed E-state index contributed by atoms with van der Waals surface area (Å²) in [7, 11) is 0. The molecule has 0 saturated heterocycles. The highest BCUT2D eigenvalue weighted by atomic mass is 19.3. The molecule has 0 aliphatic carbocycles. The molecule has 12 heavy (non-hydrogen) atoms. The number of carbonyl (C=O) groups is 1. The monoisotopic (exact) mass is 175 g/mol. The number of hydrogen-bond donors (Lipinski definition) is 0. The number of aromatic nitrogens is 1. The van der Waals surface area contributed by atoms with E-state index in [0.717, 1.165) is 6.20 Å². The van der Waals surface area contributed by atoms with Gasteiger partial charge in [-0.1, -0.05) is 0 Å². The fourth-order valence-electron chi connectivity index (χ4n) is 0.640. The smallest absolute Gasteiger partial charge is 0.319 e. The predicted octanol–water partition coefficient (Wildman–Crippen LogP) is 1.99. The summed E-state index contributed by atoms with van der Waals surface area (Å²) in [5.41, 5.74) is 0. The minimum absolute atomic E-state index is 0.147. The molecule has 0 fully saturated rings. The Morgan fingerprint density at radius 2 is 2.25 bits per heavy atom. The average molecular weight is 175 g/mol. The molecule has 0 bridgehead atoms. The lowest BCUT2D eigenvalue weighted by atomic mass is 10.4. The van der Waals surface area contributed by atoms with Crippen LogP contribution >= 0.6 is 0 Å². The Morgan fingerprint density at radius 3 is 2.50 bits per heavy atom. The largest absolute Gasteiger partial charge is 0.432 e. The van der Waals surface area contributed by atoms with E-state index in [1.807, 2.05) is 0 Å². The lowest BCUT2D eigenvalue weighted by Gasteiger charge is -2.02. The summed E-state index contributed by atoms with van der Waals surface area (Å²) in [5.74, 6) is -4.43. The number of hydrogen-bond acceptors (Lipinski definition) is 3. The van der Waals surface area contributed by atoms with Crippen molar-refractivity contribution in [3.63, 3.8) is 0 Å². The van der Waals surface area contributed by atoms with Gasteiger partial charge in [0.2, 0.25) is 0 Å². The Hall–Kier alpha value is -1.26. The number of rotatable bonds is 2. The molecule has 5 heteroatoms. The Kier molecular flexibility index (Phi) is 1.95. The number of Topliss-reactive ketones (excluding diaryl/α,β-unsaturated/α-hetero) is 1. The van der Waals surface area contributed by atoms with E-state index in [0.29, 0.717) is 6.92 Å². The topological polar surface area (TPSA) is 43.1 Å². The van der Waals surface area contributed by atoms with Crippen LogP contribution in [-0.2, 0) is 5.92 Å². The maximum atomic E-state index is 12.5. The number of halogens is 2. The first-order valence-electron chi connectivity index (χ1n) is 3.26.